The molecule has 3 rings (SSSR count). The van der Waals surface area contributed by atoms with Crippen molar-refractivity contribution >= 4 is 5.91 Å². The molecule has 0 saturated carbocycles. The van der Waals surface area contributed by atoms with E-state index in [1.165, 1.54) is 12.7 Å². The molecule has 1 aliphatic rings. The van der Waals surface area contributed by atoms with Crippen LogP contribution < -0.4 is 9.47 Å². The van der Waals surface area contributed by atoms with Gasteiger partial charge >= 0.3 is 0 Å². The van der Waals surface area contributed by atoms with Crippen LogP contribution in [0.15, 0.2) is 30.5 Å². The number of rotatable bonds is 4. The lowest BCUT2D eigenvalue weighted by Crippen LogP contribution is -2.28. The first-order valence-corrected chi connectivity index (χ1v) is 7.63. The molecule has 0 aliphatic carbocycles. The maximum absolute atomic E-state index is 12.7. The van der Waals surface area contributed by atoms with E-state index in [1.807, 2.05) is 17.0 Å². The Labute approximate surface area is 135 Å². The third-order valence-electron chi connectivity index (χ3n) is 4.28. The average molecular weight is 315 g/mol. The van der Waals surface area contributed by atoms with Crippen LogP contribution in [-0.2, 0) is 7.05 Å². The number of ether oxygens (including phenoxy) is 2. The predicted octanol–water partition coefficient (Wildman–Crippen LogP) is 2.07. The van der Waals surface area contributed by atoms with E-state index >= 15 is 0 Å². The Morgan fingerprint density at radius 2 is 1.96 bits per heavy atom. The van der Waals surface area contributed by atoms with Crippen molar-refractivity contribution < 1.29 is 14.3 Å². The number of hydrogen-bond acceptors (Lipinski definition) is 4. The van der Waals surface area contributed by atoms with Crippen LogP contribution in [0.25, 0.3) is 0 Å². The number of aryl methyl sites for hydroxylation is 1. The molecule has 0 bridgehead atoms. The van der Waals surface area contributed by atoms with Crippen LogP contribution in [0.5, 0.6) is 11.6 Å². The van der Waals surface area contributed by atoms with E-state index in [0.29, 0.717) is 23.9 Å². The molecule has 2 aromatic rings. The van der Waals surface area contributed by atoms with E-state index in [-0.39, 0.29) is 5.91 Å². The lowest BCUT2D eigenvalue weighted by Gasteiger charge is -2.16. The summed E-state index contributed by atoms with van der Waals surface area (Å²) >= 11 is 0. The first-order valence-electron chi connectivity index (χ1n) is 7.63. The van der Waals surface area contributed by atoms with Gasteiger partial charge in [-0.1, -0.05) is 12.1 Å². The number of amides is 1. The molecular formula is C17H21N3O3. The van der Waals surface area contributed by atoms with Gasteiger partial charge in [0.05, 0.1) is 14.2 Å². The Morgan fingerprint density at radius 3 is 2.61 bits per heavy atom. The van der Waals surface area contributed by atoms with E-state index in [9.17, 15) is 4.79 Å². The molecule has 23 heavy (non-hydrogen) atoms. The summed E-state index contributed by atoms with van der Waals surface area (Å²) in [7, 11) is 4.97. The summed E-state index contributed by atoms with van der Waals surface area (Å²) in [4.78, 5) is 14.6. The zero-order valence-electron chi connectivity index (χ0n) is 13.7. The van der Waals surface area contributed by atoms with Crippen molar-refractivity contribution in [3.8, 4) is 11.6 Å². The molecule has 1 aromatic carbocycles. The largest absolute Gasteiger partial charge is 0.497 e. The first kappa shape index (κ1) is 15.4. The van der Waals surface area contributed by atoms with Crippen molar-refractivity contribution in [2.45, 2.75) is 12.3 Å². The van der Waals surface area contributed by atoms with Gasteiger partial charge < -0.3 is 14.4 Å². The van der Waals surface area contributed by atoms with E-state index in [2.05, 4.69) is 17.2 Å². The molecule has 6 heteroatoms. The van der Waals surface area contributed by atoms with Crippen LogP contribution >= 0.6 is 0 Å². The number of nitrogens with zero attached hydrogens (tertiary/aromatic N) is 3. The second-order valence-corrected chi connectivity index (χ2v) is 5.74. The van der Waals surface area contributed by atoms with Crippen molar-refractivity contribution in [1.29, 1.82) is 0 Å². The summed E-state index contributed by atoms with van der Waals surface area (Å²) < 4.78 is 12.0. The Bertz CT molecular complexity index is 694. The van der Waals surface area contributed by atoms with Crippen molar-refractivity contribution in [3.63, 3.8) is 0 Å². The molecule has 0 spiro atoms. The van der Waals surface area contributed by atoms with E-state index in [0.717, 1.165) is 18.7 Å². The number of likely N-dealkylation sites (tertiary alicyclic amines) is 1. The third kappa shape index (κ3) is 3.02. The Hall–Kier alpha value is -2.50. The Balaban J connectivity index is 1.72. The smallest absolute Gasteiger partial charge is 0.260 e. The first-order chi connectivity index (χ1) is 11.1. The number of carbonyl (C=O) groups excluding carboxylic acids is 1. The van der Waals surface area contributed by atoms with Crippen LogP contribution in [0.1, 0.15) is 28.3 Å². The van der Waals surface area contributed by atoms with Crippen LogP contribution in [0.4, 0.5) is 0 Å². The minimum Gasteiger partial charge on any atom is -0.497 e. The van der Waals surface area contributed by atoms with Gasteiger partial charge in [0, 0.05) is 32.3 Å². The van der Waals surface area contributed by atoms with Gasteiger partial charge in [0.2, 0.25) is 5.88 Å². The van der Waals surface area contributed by atoms with E-state index in [4.69, 9.17) is 9.47 Å². The second-order valence-electron chi connectivity index (χ2n) is 5.74. The summed E-state index contributed by atoms with van der Waals surface area (Å²) in [6.07, 6.45) is 2.67. The molecule has 1 amide bonds. The van der Waals surface area contributed by atoms with Gasteiger partial charge in [0.15, 0.2) is 0 Å². The van der Waals surface area contributed by atoms with Gasteiger partial charge in [-0.2, -0.15) is 0 Å². The van der Waals surface area contributed by atoms with E-state index < -0.39 is 0 Å². The molecule has 2 heterocycles. The average Bonchev–Trinajstić information content (AvgIpc) is 3.21. The summed E-state index contributed by atoms with van der Waals surface area (Å²) in [6.45, 7) is 1.46. The van der Waals surface area contributed by atoms with Crippen molar-refractivity contribution in [2.24, 2.45) is 7.05 Å². The maximum atomic E-state index is 12.7. The molecule has 1 aromatic heterocycles. The fourth-order valence-corrected chi connectivity index (χ4v) is 3.03. The summed E-state index contributed by atoms with van der Waals surface area (Å²) in [5.41, 5.74) is 1.75. The number of benzene rings is 1. The van der Waals surface area contributed by atoms with E-state index in [1.54, 1.807) is 25.0 Å². The molecule has 1 saturated heterocycles. The minimum atomic E-state index is -0.0223. The van der Waals surface area contributed by atoms with Crippen LogP contribution in [0.2, 0.25) is 0 Å². The molecule has 1 fully saturated rings. The summed E-state index contributed by atoms with van der Waals surface area (Å²) in [5, 5.41) is 4.15. The van der Waals surface area contributed by atoms with Crippen LogP contribution in [0, 0.1) is 0 Å². The molecule has 1 atom stereocenters. The van der Waals surface area contributed by atoms with Gasteiger partial charge in [-0.15, -0.1) is 5.10 Å². The van der Waals surface area contributed by atoms with Gasteiger partial charge in [-0.05, 0) is 24.1 Å². The molecule has 0 N–H and O–H groups in total. The highest BCUT2D eigenvalue weighted by atomic mass is 16.5. The van der Waals surface area contributed by atoms with Gasteiger partial charge in [0.1, 0.15) is 11.3 Å². The molecule has 6 nitrogen and oxygen atoms in total. The number of carbonyl (C=O) groups is 1. The normalized spacial score (nSPS) is 17.3. The van der Waals surface area contributed by atoms with Gasteiger partial charge in [0.25, 0.3) is 5.91 Å². The van der Waals surface area contributed by atoms with Crippen molar-refractivity contribution in [1.82, 2.24) is 14.7 Å². The highest BCUT2D eigenvalue weighted by molar-refractivity contribution is 5.96. The van der Waals surface area contributed by atoms with Crippen molar-refractivity contribution in [3.05, 3.63) is 41.6 Å². The third-order valence-corrected chi connectivity index (χ3v) is 4.28. The monoisotopic (exact) mass is 315 g/mol. The van der Waals surface area contributed by atoms with Gasteiger partial charge in [-0.25, -0.2) is 0 Å². The quantitative estimate of drug-likeness (QED) is 0.867. The van der Waals surface area contributed by atoms with Gasteiger partial charge in [-0.3, -0.25) is 9.48 Å². The number of methoxy groups -OCH3 is 2. The Morgan fingerprint density at radius 1 is 1.22 bits per heavy atom. The minimum absolute atomic E-state index is 0.0223. The lowest BCUT2D eigenvalue weighted by molar-refractivity contribution is 0.0787. The fourth-order valence-electron chi connectivity index (χ4n) is 3.03. The van der Waals surface area contributed by atoms with Crippen LogP contribution in [0.3, 0.4) is 0 Å². The molecule has 1 aliphatic heterocycles. The highest BCUT2D eigenvalue weighted by Crippen LogP contribution is 2.30. The van der Waals surface area contributed by atoms with Crippen LogP contribution in [-0.4, -0.2) is 47.9 Å². The second kappa shape index (κ2) is 6.32. The zero-order chi connectivity index (χ0) is 16.4. The standard InChI is InChI=1S/C17H21N3O3/c1-19-11-15(16(18-19)23-3)17(21)20-9-8-13(10-20)12-4-6-14(22-2)7-5-12/h4-7,11,13H,8-10H2,1-3H3. The molecule has 0 radical (unpaired) electrons. The lowest BCUT2D eigenvalue weighted by atomic mass is 9.98. The topological polar surface area (TPSA) is 56.6 Å². The van der Waals surface area contributed by atoms with Crippen molar-refractivity contribution in [2.75, 3.05) is 27.3 Å². The maximum Gasteiger partial charge on any atom is 0.260 e. The Kier molecular flexibility index (Phi) is 4.23. The molecular weight excluding hydrogens is 294 g/mol. The fraction of sp³-hybridized carbons (Fsp3) is 0.412. The summed E-state index contributed by atoms with van der Waals surface area (Å²) in [6, 6.07) is 8.07. The molecule has 122 valence electrons. The number of aromatic nitrogens is 2. The SMILES string of the molecule is COc1ccc(C2CCN(C(=O)c3cn(C)nc3OC)C2)cc1. The summed E-state index contributed by atoms with van der Waals surface area (Å²) in [5.74, 6) is 1.56. The number of hydrogen-bond donors (Lipinski definition) is 0. The highest BCUT2D eigenvalue weighted by Gasteiger charge is 2.30. The molecule has 1 unspecified atom stereocenters. The zero-order valence-corrected chi connectivity index (χ0v) is 13.7. The predicted molar refractivity (Wildman–Crippen MR) is 86.0 cm³/mol.